The van der Waals surface area contributed by atoms with Gasteiger partial charge in [0.05, 0.1) is 22.8 Å². The second-order valence-electron chi connectivity index (χ2n) is 6.62. The highest BCUT2D eigenvalue weighted by atomic mass is 32.2. The number of nitrogens with one attached hydrogen (secondary N) is 1. The number of anilines is 2. The minimum absolute atomic E-state index is 0.125. The first-order chi connectivity index (χ1) is 14.9. The largest absolute Gasteiger partial charge is 0.490 e. The molecule has 0 heterocycles. The Morgan fingerprint density at radius 2 is 1.55 bits per heavy atom. The zero-order valence-corrected chi connectivity index (χ0v) is 18.1. The van der Waals surface area contributed by atoms with E-state index in [9.17, 15) is 13.2 Å². The molecule has 0 saturated carbocycles. The molecule has 3 aromatic rings. The lowest BCUT2D eigenvalue weighted by Gasteiger charge is -2.19. The Morgan fingerprint density at radius 3 is 2.23 bits per heavy atom. The van der Waals surface area contributed by atoms with Crippen LogP contribution in [0.1, 0.15) is 10.4 Å². The van der Waals surface area contributed by atoms with Gasteiger partial charge in [0.1, 0.15) is 12.4 Å². The summed E-state index contributed by atoms with van der Waals surface area (Å²) >= 11 is 0. The van der Waals surface area contributed by atoms with Crippen molar-refractivity contribution in [1.29, 1.82) is 0 Å². The summed E-state index contributed by atoms with van der Waals surface area (Å²) in [5.74, 6) is 0.0887. The number of carbonyl (C=O) groups is 1. The van der Waals surface area contributed by atoms with Gasteiger partial charge in [-0.2, -0.15) is 0 Å². The van der Waals surface area contributed by atoms with Crippen molar-refractivity contribution >= 4 is 27.3 Å². The van der Waals surface area contributed by atoms with Gasteiger partial charge in [0.25, 0.3) is 15.9 Å². The predicted octanol–water partition coefficient (Wildman–Crippen LogP) is 3.79. The Balaban J connectivity index is 1.73. The van der Waals surface area contributed by atoms with E-state index < -0.39 is 10.0 Å². The molecular formula is C23H24N2O5S. The van der Waals surface area contributed by atoms with E-state index in [-0.39, 0.29) is 10.8 Å². The monoisotopic (exact) mass is 440 g/mol. The molecule has 7 nitrogen and oxygen atoms in total. The van der Waals surface area contributed by atoms with Gasteiger partial charge in [-0.1, -0.05) is 30.3 Å². The Bertz CT molecular complexity index is 1120. The molecule has 3 aromatic carbocycles. The first-order valence-electron chi connectivity index (χ1n) is 9.59. The van der Waals surface area contributed by atoms with Gasteiger partial charge < -0.3 is 14.8 Å². The molecule has 8 heteroatoms. The van der Waals surface area contributed by atoms with Gasteiger partial charge >= 0.3 is 0 Å². The van der Waals surface area contributed by atoms with E-state index >= 15 is 0 Å². The van der Waals surface area contributed by atoms with Crippen LogP contribution in [0.2, 0.25) is 0 Å². The summed E-state index contributed by atoms with van der Waals surface area (Å²) in [5, 5.41) is 2.77. The molecule has 0 fully saturated rings. The normalized spacial score (nSPS) is 11.0. The molecule has 31 heavy (non-hydrogen) atoms. The number of benzene rings is 3. The number of methoxy groups -OCH3 is 1. The summed E-state index contributed by atoms with van der Waals surface area (Å²) in [7, 11) is -0.646. The zero-order chi connectivity index (χ0) is 22.3. The molecule has 0 bridgehead atoms. The summed E-state index contributed by atoms with van der Waals surface area (Å²) in [6, 6.07) is 21.7. The molecular weight excluding hydrogens is 416 g/mol. The maximum Gasteiger partial charge on any atom is 0.264 e. The number of sulfonamides is 1. The van der Waals surface area contributed by atoms with Crippen LogP contribution in [0.5, 0.6) is 5.75 Å². The van der Waals surface area contributed by atoms with Crippen molar-refractivity contribution in [2.75, 3.05) is 37.0 Å². The summed E-state index contributed by atoms with van der Waals surface area (Å²) in [6.45, 7) is 0.728. The highest BCUT2D eigenvalue weighted by molar-refractivity contribution is 7.92. The third-order valence-electron chi connectivity index (χ3n) is 4.57. The second kappa shape index (κ2) is 10.1. The Kier molecular flexibility index (Phi) is 7.28. The van der Waals surface area contributed by atoms with Crippen molar-refractivity contribution in [2.24, 2.45) is 0 Å². The number of hydrogen-bond acceptors (Lipinski definition) is 5. The van der Waals surface area contributed by atoms with Gasteiger partial charge in [-0.05, 0) is 48.5 Å². The smallest absolute Gasteiger partial charge is 0.264 e. The fraction of sp³-hybridized carbons (Fsp3) is 0.174. The van der Waals surface area contributed by atoms with Crippen LogP contribution in [0.15, 0.2) is 83.8 Å². The summed E-state index contributed by atoms with van der Waals surface area (Å²) in [4.78, 5) is 12.8. The van der Waals surface area contributed by atoms with Gasteiger partial charge in [-0.3, -0.25) is 9.10 Å². The Morgan fingerprint density at radius 1 is 0.903 bits per heavy atom. The van der Waals surface area contributed by atoms with Gasteiger partial charge in [0.15, 0.2) is 0 Å². The topological polar surface area (TPSA) is 84.9 Å². The number of nitrogens with zero attached hydrogens (tertiary/aromatic N) is 1. The average Bonchev–Trinajstić information content (AvgIpc) is 2.80. The van der Waals surface area contributed by atoms with E-state index in [0.29, 0.717) is 35.9 Å². The molecule has 0 unspecified atom stereocenters. The molecule has 3 rings (SSSR count). The van der Waals surface area contributed by atoms with Crippen LogP contribution in [0, 0.1) is 0 Å². The van der Waals surface area contributed by atoms with Crippen LogP contribution in [0.4, 0.5) is 11.4 Å². The average molecular weight is 441 g/mol. The number of para-hydroxylation sites is 2. The van der Waals surface area contributed by atoms with Crippen LogP contribution in [0.3, 0.4) is 0 Å². The Labute approximate surface area is 182 Å². The lowest BCUT2D eigenvalue weighted by molar-refractivity contribution is 0.101. The standard InChI is InChI=1S/C23H24N2O5S/c1-25(19-8-4-3-5-9-19)31(27,28)20-14-12-18(13-15-20)24-23(26)21-10-6-7-11-22(21)30-17-16-29-2/h3-15H,16-17H2,1-2H3,(H,24,26). The molecule has 162 valence electrons. The molecule has 0 atom stereocenters. The number of amides is 1. The van der Waals surface area contributed by atoms with E-state index in [2.05, 4.69) is 5.32 Å². The van der Waals surface area contributed by atoms with E-state index in [0.717, 1.165) is 0 Å². The minimum atomic E-state index is -3.72. The highest BCUT2D eigenvalue weighted by Gasteiger charge is 2.21. The van der Waals surface area contributed by atoms with Crippen LogP contribution < -0.4 is 14.4 Å². The quantitative estimate of drug-likeness (QED) is 0.512. The SMILES string of the molecule is COCCOc1ccccc1C(=O)Nc1ccc(S(=O)(=O)N(C)c2ccccc2)cc1. The third-order valence-corrected chi connectivity index (χ3v) is 6.37. The molecule has 0 spiro atoms. The maximum atomic E-state index is 12.9. The van der Waals surface area contributed by atoms with Gasteiger partial charge in [-0.15, -0.1) is 0 Å². The molecule has 0 aliphatic carbocycles. The number of rotatable bonds is 9. The number of hydrogen-bond donors (Lipinski definition) is 1. The van der Waals surface area contributed by atoms with Crippen molar-refractivity contribution in [3.63, 3.8) is 0 Å². The van der Waals surface area contributed by atoms with E-state index in [1.54, 1.807) is 67.8 Å². The van der Waals surface area contributed by atoms with Crippen molar-refractivity contribution in [3.8, 4) is 5.75 Å². The van der Waals surface area contributed by atoms with Crippen molar-refractivity contribution in [3.05, 3.63) is 84.4 Å². The lowest BCUT2D eigenvalue weighted by atomic mass is 10.2. The minimum Gasteiger partial charge on any atom is -0.490 e. The van der Waals surface area contributed by atoms with E-state index in [1.807, 2.05) is 6.07 Å². The van der Waals surface area contributed by atoms with E-state index in [1.165, 1.54) is 23.5 Å². The third kappa shape index (κ3) is 5.42. The highest BCUT2D eigenvalue weighted by Crippen LogP contribution is 2.24. The molecule has 1 N–H and O–H groups in total. The fourth-order valence-corrected chi connectivity index (χ4v) is 4.05. The van der Waals surface area contributed by atoms with Crippen molar-refractivity contribution in [2.45, 2.75) is 4.90 Å². The van der Waals surface area contributed by atoms with Crippen LogP contribution >= 0.6 is 0 Å². The van der Waals surface area contributed by atoms with Crippen LogP contribution in [0.25, 0.3) is 0 Å². The zero-order valence-electron chi connectivity index (χ0n) is 17.3. The van der Waals surface area contributed by atoms with Crippen LogP contribution in [-0.2, 0) is 14.8 Å². The fourth-order valence-electron chi connectivity index (χ4n) is 2.86. The van der Waals surface area contributed by atoms with Crippen molar-refractivity contribution in [1.82, 2.24) is 0 Å². The molecule has 0 saturated heterocycles. The maximum absolute atomic E-state index is 12.9. The van der Waals surface area contributed by atoms with Gasteiger partial charge in [-0.25, -0.2) is 8.42 Å². The summed E-state index contributed by atoms with van der Waals surface area (Å²) < 4.78 is 37.5. The number of carbonyl (C=O) groups excluding carboxylic acids is 1. The molecule has 1 amide bonds. The first kappa shape index (κ1) is 22.3. The second-order valence-corrected chi connectivity index (χ2v) is 8.59. The molecule has 0 aliphatic rings. The first-order valence-corrected chi connectivity index (χ1v) is 11.0. The molecule has 0 aliphatic heterocycles. The Hall–Kier alpha value is -3.36. The molecule has 0 aromatic heterocycles. The number of ether oxygens (including phenoxy) is 2. The van der Waals surface area contributed by atoms with Gasteiger partial charge in [0.2, 0.25) is 0 Å². The van der Waals surface area contributed by atoms with Gasteiger partial charge in [0, 0.05) is 19.8 Å². The predicted molar refractivity (Wildman–Crippen MR) is 120 cm³/mol. The summed E-state index contributed by atoms with van der Waals surface area (Å²) in [6.07, 6.45) is 0. The van der Waals surface area contributed by atoms with E-state index in [4.69, 9.17) is 9.47 Å². The summed E-state index contributed by atoms with van der Waals surface area (Å²) in [5.41, 5.74) is 1.40. The lowest BCUT2D eigenvalue weighted by Crippen LogP contribution is -2.26. The van der Waals surface area contributed by atoms with Crippen LogP contribution in [-0.4, -0.2) is 41.7 Å². The van der Waals surface area contributed by atoms with Crippen molar-refractivity contribution < 1.29 is 22.7 Å². The molecule has 0 radical (unpaired) electrons.